The van der Waals surface area contributed by atoms with Crippen molar-refractivity contribution in [1.82, 2.24) is 10.2 Å². The summed E-state index contributed by atoms with van der Waals surface area (Å²) >= 11 is 0. The molecule has 2 atom stereocenters. The normalized spacial score (nSPS) is 21.1. The lowest BCUT2D eigenvalue weighted by atomic mass is 9.93. The van der Waals surface area contributed by atoms with Crippen molar-refractivity contribution < 1.29 is 29.0 Å². The predicted octanol–water partition coefficient (Wildman–Crippen LogP) is 0.230. The van der Waals surface area contributed by atoms with Crippen LogP contribution in [-0.4, -0.2) is 53.0 Å². The first-order valence-electron chi connectivity index (χ1n) is 8.11. The fraction of sp³-hybridized carbons (Fsp3) is 0.333. The van der Waals surface area contributed by atoms with Crippen molar-refractivity contribution in [3.8, 4) is 0 Å². The van der Waals surface area contributed by atoms with E-state index in [9.17, 15) is 24.3 Å². The van der Waals surface area contributed by atoms with E-state index in [2.05, 4.69) is 10.1 Å². The number of hydrogen-bond donors (Lipinski definition) is 2. The first-order chi connectivity index (χ1) is 12.4. The van der Waals surface area contributed by atoms with E-state index in [0.717, 1.165) is 10.5 Å². The van der Waals surface area contributed by atoms with Crippen molar-refractivity contribution >= 4 is 23.8 Å². The Morgan fingerprint density at radius 1 is 1.23 bits per heavy atom. The van der Waals surface area contributed by atoms with Gasteiger partial charge in [0, 0.05) is 0 Å². The average molecular weight is 358 g/mol. The second-order valence-corrected chi connectivity index (χ2v) is 6.20. The molecule has 2 aliphatic rings. The maximum atomic E-state index is 12.3. The van der Waals surface area contributed by atoms with E-state index in [0.29, 0.717) is 5.57 Å². The van der Waals surface area contributed by atoms with Crippen molar-refractivity contribution in [2.75, 3.05) is 7.11 Å². The SMILES string of the molecule is COC(=O)CC1=C(C(=O)O)N2C(=O)[C@@H](NC(=O)Cc3ccccc3)[C@H]2C1. The second kappa shape index (κ2) is 6.99. The van der Waals surface area contributed by atoms with E-state index >= 15 is 0 Å². The highest BCUT2D eigenvalue weighted by Gasteiger charge is 2.55. The van der Waals surface area contributed by atoms with Crippen molar-refractivity contribution in [2.45, 2.75) is 31.3 Å². The van der Waals surface area contributed by atoms with Gasteiger partial charge in [-0.1, -0.05) is 30.3 Å². The number of carboxylic acid groups (broad SMARTS) is 1. The van der Waals surface area contributed by atoms with E-state index in [1.165, 1.54) is 7.11 Å². The third-order valence-electron chi connectivity index (χ3n) is 4.56. The Balaban J connectivity index is 1.68. The minimum absolute atomic E-state index is 0.131. The molecule has 8 nitrogen and oxygen atoms in total. The Bertz CT molecular complexity index is 801. The maximum absolute atomic E-state index is 12.3. The summed E-state index contributed by atoms with van der Waals surface area (Å²) in [4.78, 5) is 48.7. The van der Waals surface area contributed by atoms with Crippen LogP contribution in [0.2, 0.25) is 0 Å². The molecular weight excluding hydrogens is 340 g/mol. The minimum atomic E-state index is -1.27. The molecule has 1 aromatic carbocycles. The second-order valence-electron chi connectivity index (χ2n) is 6.20. The van der Waals surface area contributed by atoms with Gasteiger partial charge in [0.1, 0.15) is 11.7 Å². The molecule has 136 valence electrons. The van der Waals surface area contributed by atoms with Gasteiger partial charge in [0.15, 0.2) is 0 Å². The number of nitrogens with zero attached hydrogens (tertiary/aromatic N) is 1. The summed E-state index contributed by atoms with van der Waals surface area (Å²) in [6.07, 6.45) is 0.160. The highest BCUT2D eigenvalue weighted by Crippen LogP contribution is 2.40. The lowest BCUT2D eigenvalue weighted by molar-refractivity contribution is -0.152. The fourth-order valence-electron chi connectivity index (χ4n) is 3.37. The van der Waals surface area contributed by atoms with Gasteiger partial charge in [0.2, 0.25) is 5.91 Å². The number of rotatable bonds is 6. The smallest absolute Gasteiger partial charge is 0.352 e. The highest BCUT2D eigenvalue weighted by molar-refractivity contribution is 6.03. The molecule has 2 heterocycles. The van der Waals surface area contributed by atoms with Gasteiger partial charge < -0.3 is 15.2 Å². The van der Waals surface area contributed by atoms with Crippen LogP contribution in [0.1, 0.15) is 18.4 Å². The molecule has 0 saturated carbocycles. The third-order valence-corrected chi connectivity index (χ3v) is 4.56. The number of methoxy groups -OCH3 is 1. The maximum Gasteiger partial charge on any atom is 0.352 e. The zero-order valence-electron chi connectivity index (χ0n) is 14.1. The van der Waals surface area contributed by atoms with E-state index in [-0.39, 0.29) is 30.9 Å². The number of nitrogens with one attached hydrogen (secondary N) is 1. The lowest BCUT2D eigenvalue weighted by Gasteiger charge is -2.43. The van der Waals surface area contributed by atoms with Crippen LogP contribution in [0.5, 0.6) is 0 Å². The molecule has 1 saturated heterocycles. The predicted molar refractivity (Wildman–Crippen MR) is 88.6 cm³/mol. The molecule has 0 bridgehead atoms. The zero-order chi connectivity index (χ0) is 18.8. The molecule has 8 heteroatoms. The Morgan fingerprint density at radius 2 is 1.92 bits per heavy atom. The summed E-state index contributed by atoms with van der Waals surface area (Å²) < 4.78 is 4.58. The first-order valence-corrected chi connectivity index (χ1v) is 8.11. The molecule has 0 aromatic heterocycles. The van der Waals surface area contributed by atoms with Gasteiger partial charge in [0.05, 0.1) is 26.0 Å². The lowest BCUT2D eigenvalue weighted by Crippen LogP contribution is -2.68. The van der Waals surface area contributed by atoms with Crippen LogP contribution in [0.4, 0.5) is 0 Å². The van der Waals surface area contributed by atoms with Gasteiger partial charge in [0.25, 0.3) is 5.91 Å². The molecule has 2 amide bonds. The van der Waals surface area contributed by atoms with E-state index in [1.54, 1.807) is 0 Å². The fourth-order valence-corrected chi connectivity index (χ4v) is 3.37. The molecule has 1 aromatic rings. The molecule has 26 heavy (non-hydrogen) atoms. The molecule has 2 aliphatic heterocycles. The summed E-state index contributed by atoms with van der Waals surface area (Å²) in [7, 11) is 1.21. The molecule has 1 fully saturated rings. The number of carbonyl (C=O) groups excluding carboxylic acids is 3. The van der Waals surface area contributed by atoms with Gasteiger partial charge >= 0.3 is 11.9 Å². The molecular formula is C18H18N2O6. The summed E-state index contributed by atoms with van der Waals surface area (Å²) in [6.45, 7) is 0. The Hall–Kier alpha value is -3.16. The first kappa shape index (κ1) is 17.7. The Labute approximate surface area is 149 Å². The topological polar surface area (TPSA) is 113 Å². The molecule has 0 unspecified atom stereocenters. The van der Waals surface area contributed by atoms with Gasteiger partial charge in [-0.25, -0.2) is 4.79 Å². The molecule has 3 rings (SSSR count). The number of aliphatic carboxylic acids is 1. The van der Waals surface area contributed by atoms with E-state index in [1.807, 2.05) is 30.3 Å². The van der Waals surface area contributed by atoms with Gasteiger partial charge in [-0.3, -0.25) is 19.3 Å². The molecule has 2 N–H and O–H groups in total. The van der Waals surface area contributed by atoms with Gasteiger partial charge in [-0.05, 0) is 17.6 Å². The quantitative estimate of drug-likeness (QED) is 0.556. The number of amides is 2. The summed E-state index contributed by atoms with van der Waals surface area (Å²) in [5.74, 6) is -2.63. The Morgan fingerprint density at radius 3 is 2.54 bits per heavy atom. The number of carboxylic acids is 1. The van der Waals surface area contributed by atoms with Gasteiger partial charge in [-0.2, -0.15) is 0 Å². The van der Waals surface area contributed by atoms with Crippen LogP contribution in [0, 0.1) is 0 Å². The number of benzene rings is 1. The number of β-lactam (4-membered cyclic amide) rings is 1. The molecule has 0 aliphatic carbocycles. The van der Waals surface area contributed by atoms with Crippen molar-refractivity contribution in [3.05, 3.63) is 47.2 Å². The van der Waals surface area contributed by atoms with Crippen molar-refractivity contribution in [2.24, 2.45) is 0 Å². The van der Waals surface area contributed by atoms with Crippen LogP contribution < -0.4 is 5.32 Å². The summed E-state index contributed by atoms with van der Waals surface area (Å²) in [5.41, 5.74) is 0.970. The number of hydrogen-bond acceptors (Lipinski definition) is 5. The Kier molecular flexibility index (Phi) is 4.75. The zero-order valence-corrected chi connectivity index (χ0v) is 14.1. The van der Waals surface area contributed by atoms with Crippen LogP contribution >= 0.6 is 0 Å². The van der Waals surface area contributed by atoms with Crippen LogP contribution in [0.25, 0.3) is 0 Å². The largest absolute Gasteiger partial charge is 0.477 e. The van der Waals surface area contributed by atoms with Crippen LogP contribution in [0.3, 0.4) is 0 Å². The van der Waals surface area contributed by atoms with Crippen molar-refractivity contribution in [1.29, 1.82) is 0 Å². The van der Waals surface area contributed by atoms with Crippen LogP contribution in [0.15, 0.2) is 41.6 Å². The monoisotopic (exact) mass is 358 g/mol. The standard InChI is InChI=1S/C18H18N2O6/c1-26-14(22)9-11-8-12-15(17(23)20(12)16(11)18(24)25)19-13(21)7-10-5-3-2-4-6-10/h2-6,12,15H,7-9H2,1H3,(H,19,21)(H,24,25)/t12-,15+/m1/s1. The number of ether oxygens (including phenoxy) is 1. The van der Waals surface area contributed by atoms with Crippen molar-refractivity contribution in [3.63, 3.8) is 0 Å². The number of carbonyl (C=O) groups is 4. The molecule has 0 spiro atoms. The minimum Gasteiger partial charge on any atom is -0.477 e. The number of esters is 1. The highest BCUT2D eigenvalue weighted by atomic mass is 16.5. The number of fused-ring (bicyclic) bond motifs is 1. The summed E-state index contributed by atoms with van der Waals surface area (Å²) in [6, 6.07) is 7.83. The molecule has 0 radical (unpaired) electrons. The van der Waals surface area contributed by atoms with E-state index in [4.69, 9.17) is 0 Å². The van der Waals surface area contributed by atoms with E-state index < -0.39 is 29.9 Å². The third kappa shape index (κ3) is 3.17. The average Bonchev–Trinajstić information content (AvgIpc) is 2.95. The van der Waals surface area contributed by atoms with Crippen LogP contribution in [-0.2, 0) is 30.3 Å². The summed E-state index contributed by atoms with van der Waals surface area (Å²) in [5, 5.41) is 12.0. The van der Waals surface area contributed by atoms with Gasteiger partial charge in [-0.15, -0.1) is 0 Å².